The highest BCUT2D eigenvalue weighted by Crippen LogP contribution is 2.19. The van der Waals surface area contributed by atoms with Crippen LogP contribution in [0.25, 0.3) is 0 Å². The molecule has 4 aromatic rings. The Morgan fingerprint density at radius 1 is 0.659 bits per heavy atom. The van der Waals surface area contributed by atoms with E-state index < -0.39 is 0 Å². The topological polar surface area (TPSA) is 154 Å². The molecule has 2 aromatic carbocycles. The Morgan fingerprint density at radius 3 is 1.56 bits per heavy atom. The van der Waals surface area contributed by atoms with Crippen molar-refractivity contribution in [2.75, 3.05) is 21.7 Å². The predicted molar refractivity (Wildman–Crippen MR) is 168 cm³/mol. The van der Waals surface area contributed by atoms with Gasteiger partial charge in [-0.3, -0.25) is 0 Å². The van der Waals surface area contributed by atoms with Crippen molar-refractivity contribution in [1.29, 1.82) is 0 Å². The summed E-state index contributed by atoms with van der Waals surface area (Å²) in [6, 6.07) is 18.3. The number of aromatic nitrogens is 4. The molecule has 0 amide bonds. The summed E-state index contributed by atoms with van der Waals surface area (Å²) in [6.45, 7) is 12.5. The summed E-state index contributed by atoms with van der Waals surface area (Å²) in [4.78, 5) is 16.2. The average Bonchev–Trinajstić information content (AvgIpc) is 2.89. The number of rotatable bonds is 6. The third-order valence-electron chi connectivity index (χ3n) is 4.88. The van der Waals surface area contributed by atoms with Crippen LogP contribution in [0.15, 0.2) is 73.3 Å². The molecule has 0 radical (unpaired) electrons. The van der Waals surface area contributed by atoms with Gasteiger partial charge in [-0.15, -0.1) is 0 Å². The summed E-state index contributed by atoms with van der Waals surface area (Å²) < 4.78 is 0. The largest absolute Gasteiger partial charge is 0.399 e. The van der Waals surface area contributed by atoms with Crippen molar-refractivity contribution in [1.82, 2.24) is 19.9 Å². The molecule has 0 atom stereocenters. The highest BCUT2D eigenvalue weighted by atomic mass is 35.5. The van der Waals surface area contributed by atoms with Gasteiger partial charge in [0.15, 0.2) is 0 Å². The SMILES string of the molecule is CC(C)(C)Nc1cc(Cl)ncn1.CC(C)(C)Nc1cc(Nc2ccc(CO)cc2)ncn1.Nc1ccc(CO)cc1. The molecule has 0 aliphatic carbocycles. The van der Waals surface area contributed by atoms with Crippen LogP contribution in [-0.4, -0.2) is 41.2 Å². The maximum absolute atomic E-state index is 9.01. The summed E-state index contributed by atoms with van der Waals surface area (Å²) in [5, 5.41) is 27.8. The van der Waals surface area contributed by atoms with Gasteiger partial charge >= 0.3 is 0 Å². The Balaban J connectivity index is 0.000000237. The van der Waals surface area contributed by atoms with Crippen LogP contribution in [0.4, 0.5) is 28.8 Å². The van der Waals surface area contributed by atoms with Gasteiger partial charge in [0.25, 0.3) is 0 Å². The lowest BCUT2D eigenvalue weighted by molar-refractivity contribution is 0.281. The molecule has 0 fully saturated rings. The summed E-state index contributed by atoms with van der Waals surface area (Å²) in [5.41, 5.74) is 8.77. The zero-order valence-electron chi connectivity index (χ0n) is 24.5. The number of halogens is 1. The molecule has 4 rings (SSSR count). The first-order valence-corrected chi connectivity index (χ1v) is 13.4. The minimum atomic E-state index is -0.0472. The lowest BCUT2D eigenvalue weighted by Gasteiger charge is -2.21. The van der Waals surface area contributed by atoms with Gasteiger partial charge in [0.2, 0.25) is 0 Å². The highest BCUT2D eigenvalue weighted by Gasteiger charge is 2.11. The summed E-state index contributed by atoms with van der Waals surface area (Å²) >= 11 is 5.68. The molecule has 11 heteroatoms. The number of nitrogens with zero attached hydrogens (tertiary/aromatic N) is 4. The van der Waals surface area contributed by atoms with Crippen LogP contribution >= 0.6 is 11.6 Å². The number of nitrogens with one attached hydrogen (secondary N) is 3. The molecule has 41 heavy (non-hydrogen) atoms. The van der Waals surface area contributed by atoms with E-state index in [0.717, 1.165) is 40.0 Å². The van der Waals surface area contributed by atoms with E-state index in [1.54, 1.807) is 30.3 Å². The van der Waals surface area contributed by atoms with Gasteiger partial charge in [0, 0.05) is 34.6 Å². The first-order valence-electron chi connectivity index (χ1n) is 13.0. The van der Waals surface area contributed by atoms with E-state index in [9.17, 15) is 0 Å². The Labute approximate surface area is 247 Å². The smallest absolute Gasteiger partial charge is 0.135 e. The summed E-state index contributed by atoms with van der Waals surface area (Å²) in [7, 11) is 0. The fraction of sp³-hybridized carbons (Fsp3) is 0.333. The van der Waals surface area contributed by atoms with Gasteiger partial charge in [-0.2, -0.15) is 0 Å². The molecule has 220 valence electrons. The Kier molecular flexibility index (Phi) is 12.7. The van der Waals surface area contributed by atoms with Crippen LogP contribution in [0, 0.1) is 0 Å². The van der Waals surface area contributed by atoms with Crippen molar-refractivity contribution >= 4 is 40.4 Å². The molecule has 0 bridgehead atoms. The van der Waals surface area contributed by atoms with Gasteiger partial charge in [0.1, 0.15) is 35.3 Å². The molecule has 0 aliphatic rings. The summed E-state index contributed by atoms with van der Waals surface area (Å²) in [5.74, 6) is 2.26. The van der Waals surface area contributed by atoms with Crippen LogP contribution in [0.5, 0.6) is 0 Å². The van der Waals surface area contributed by atoms with E-state index in [0.29, 0.717) is 5.15 Å². The molecular weight excluding hydrogens is 540 g/mol. The molecule has 0 saturated carbocycles. The standard InChI is InChI=1S/C15H20N4O.C8H12ClN3.C7H9NO/c1-15(2,3)19-14-8-13(16-10-17-14)18-12-6-4-11(9-20)5-7-12;1-8(2,3)12-7-4-6(9)10-5-11-7;8-7-3-1-6(5-9)2-4-7/h4-8,10,20H,9H2,1-3H3,(H2,16,17,18,19);4-5H,1-3H3,(H,10,11,12);1-4,9H,5,8H2. The minimum Gasteiger partial charge on any atom is -0.399 e. The molecule has 0 unspecified atom stereocenters. The van der Waals surface area contributed by atoms with E-state index in [1.165, 1.54) is 12.7 Å². The second kappa shape index (κ2) is 15.7. The van der Waals surface area contributed by atoms with E-state index in [2.05, 4.69) is 77.4 Å². The van der Waals surface area contributed by atoms with Crippen LogP contribution in [0.2, 0.25) is 5.15 Å². The van der Waals surface area contributed by atoms with E-state index in [4.69, 9.17) is 27.5 Å². The zero-order valence-corrected chi connectivity index (χ0v) is 25.2. The highest BCUT2D eigenvalue weighted by molar-refractivity contribution is 6.29. The Bertz CT molecular complexity index is 1320. The second-order valence-corrected chi connectivity index (χ2v) is 11.5. The Hall–Kier alpha value is -3.99. The minimum absolute atomic E-state index is 0.00230. The van der Waals surface area contributed by atoms with E-state index in [-0.39, 0.29) is 24.3 Å². The molecular formula is C30H41ClN8O2. The van der Waals surface area contributed by atoms with Crippen molar-refractivity contribution < 1.29 is 10.2 Å². The number of hydrogen-bond acceptors (Lipinski definition) is 10. The van der Waals surface area contributed by atoms with Crippen molar-refractivity contribution in [2.24, 2.45) is 0 Å². The van der Waals surface area contributed by atoms with Crippen molar-refractivity contribution in [3.8, 4) is 0 Å². The van der Waals surface area contributed by atoms with Crippen LogP contribution in [0.3, 0.4) is 0 Å². The number of benzene rings is 2. The van der Waals surface area contributed by atoms with Crippen molar-refractivity contribution in [3.05, 3.63) is 89.6 Å². The third kappa shape index (κ3) is 14.3. The van der Waals surface area contributed by atoms with Gasteiger partial charge in [-0.1, -0.05) is 35.9 Å². The number of nitrogen functional groups attached to an aromatic ring is 1. The molecule has 10 nitrogen and oxygen atoms in total. The van der Waals surface area contributed by atoms with E-state index in [1.807, 2.05) is 30.3 Å². The number of aliphatic hydroxyl groups excluding tert-OH is 2. The fourth-order valence-corrected chi connectivity index (χ4v) is 3.28. The van der Waals surface area contributed by atoms with Gasteiger partial charge in [-0.25, -0.2) is 19.9 Å². The van der Waals surface area contributed by atoms with Gasteiger partial charge < -0.3 is 31.9 Å². The van der Waals surface area contributed by atoms with Crippen molar-refractivity contribution in [2.45, 2.75) is 65.8 Å². The first-order chi connectivity index (χ1) is 19.3. The average molecular weight is 581 g/mol. The maximum atomic E-state index is 9.01. The van der Waals surface area contributed by atoms with Crippen LogP contribution in [0.1, 0.15) is 52.7 Å². The number of nitrogens with two attached hydrogens (primary N) is 1. The first kappa shape index (κ1) is 33.2. The van der Waals surface area contributed by atoms with Gasteiger partial charge in [-0.05, 0) is 76.9 Å². The predicted octanol–water partition coefficient (Wildman–Crippen LogP) is 6.02. The third-order valence-corrected chi connectivity index (χ3v) is 5.08. The van der Waals surface area contributed by atoms with E-state index >= 15 is 0 Å². The number of aliphatic hydroxyl groups is 2. The van der Waals surface area contributed by atoms with Gasteiger partial charge in [0.05, 0.1) is 13.2 Å². The monoisotopic (exact) mass is 580 g/mol. The number of hydrogen-bond donors (Lipinski definition) is 6. The van der Waals surface area contributed by atoms with Crippen LogP contribution in [-0.2, 0) is 13.2 Å². The molecule has 0 aliphatic heterocycles. The second-order valence-electron chi connectivity index (χ2n) is 11.1. The molecule has 0 saturated heterocycles. The lowest BCUT2D eigenvalue weighted by Crippen LogP contribution is -2.26. The number of anilines is 5. The quantitative estimate of drug-likeness (QED) is 0.118. The summed E-state index contributed by atoms with van der Waals surface area (Å²) in [6.07, 6.45) is 2.97. The van der Waals surface area contributed by atoms with Crippen LogP contribution < -0.4 is 21.7 Å². The Morgan fingerprint density at radius 2 is 1.10 bits per heavy atom. The van der Waals surface area contributed by atoms with Crippen molar-refractivity contribution in [3.63, 3.8) is 0 Å². The lowest BCUT2D eigenvalue weighted by atomic mass is 10.1. The zero-order chi connectivity index (χ0) is 30.5. The molecule has 2 heterocycles. The maximum Gasteiger partial charge on any atom is 0.135 e. The molecule has 2 aromatic heterocycles. The molecule has 0 spiro atoms. The fourth-order valence-electron chi connectivity index (χ4n) is 3.13. The molecule has 7 N–H and O–H groups in total. The normalized spacial score (nSPS) is 10.9.